The Morgan fingerprint density at radius 2 is 1.76 bits per heavy atom. The van der Waals surface area contributed by atoms with Crippen LogP contribution in [0.25, 0.3) is 10.4 Å². The number of nitrogens with zero attached hydrogens (tertiary/aromatic N) is 4. The van der Waals surface area contributed by atoms with Crippen molar-refractivity contribution in [2.45, 2.75) is 37.1 Å². The molecule has 1 heterocycles. The average molecular weight is 575 g/mol. The summed E-state index contributed by atoms with van der Waals surface area (Å²) in [6.45, 7) is -0.367. The number of carbonyl (C=O) groups is 1. The summed E-state index contributed by atoms with van der Waals surface area (Å²) in [6.07, 6.45) is -0.272. The van der Waals surface area contributed by atoms with Gasteiger partial charge in [0.1, 0.15) is 5.75 Å². The molecule has 0 spiro atoms. The number of amides is 1. The highest BCUT2D eigenvalue weighted by molar-refractivity contribution is 6.01. The largest absolute Gasteiger partial charge is 0.494 e. The monoisotopic (exact) mass is 574 g/mol. The van der Waals surface area contributed by atoms with E-state index in [9.17, 15) is 15.0 Å². The number of hydrazine groups is 1. The SMILES string of the molecule is [N-]=[N+]=NCc1ccccc1[C@@H]1OC(c2ccc(OCCCO)cc2)=N[C@]1(Cc1ccccc1)C(=O)NNC(CO)CO. The molecule has 5 N–H and O–H groups in total. The smallest absolute Gasteiger partial charge is 0.266 e. The maximum Gasteiger partial charge on any atom is 0.266 e. The van der Waals surface area contributed by atoms with Gasteiger partial charge in [0.25, 0.3) is 5.91 Å². The zero-order valence-corrected chi connectivity index (χ0v) is 23.0. The molecule has 0 bridgehead atoms. The van der Waals surface area contributed by atoms with Gasteiger partial charge in [-0.15, -0.1) is 0 Å². The van der Waals surface area contributed by atoms with Gasteiger partial charge in [-0.25, -0.2) is 10.4 Å². The lowest BCUT2D eigenvalue weighted by Gasteiger charge is -2.32. The van der Waals surface area contributed by atoms with Gasteiger partial charge in [-0.2, -0.15) is 0 Å². The average Bonchev–Trinajstić information content (AvgIpc) is 3.41. The van der Waals surface area contributed by atoms with Crippen LogP contribution in [0.1, 0.15) is 34.8 Å². The lowest BCUT2D eigenvalue weighted by Crippen LogP contribution is -2.57. The van der Waals surface area contributed by atoms with Gasteiger partial charge in [-0.1, -0.05) is 59.7 Å². The van der Waals surface area contributed by atoms with Gasteiger partial charge in [-0.3, -0.25) is 10.2 Å². The summed E-state index contributed by atoms with van der Waals surface area (Å²) in [5.74, 6) is 0.298. The minimum Gasteiger partial charge on any atom is -0.494 e. The van der Waals surface area contributed by atoms with E-state index in [-0.39, 0.29) is 25.5 Å². The van der Waals surface area contributed by atoms with E-state index in [0.29, 0.717) is 35.5 Å². The van der Waals surface area contributed by atoms with Crippen molar-refractivity contribution >= 4 is 11.8 Å². The van der Waals surface area contributed by atoms with Crippen LogP contribution in [-0.4, -0.2) is 65.1 Å². The van der Waals surface area contributed by atoms with Crippen LogP contribution in [0.3, 0.4) is 0 Å². The van der Waals surface area contributed by atoms with Crippen LogP contribution >= 0.6 is 0 Å². The van der Waals surface area contributed by atoms with E-state index in [2.05, 4.69) is 20.9 Å². The Balaban J connectivity index is 1.81. The molecular formula is C30H34N6O6. The zero-order valence-electron chi connectivity index (χ0n) is 23.0. The number of rotatable bonds is 15. The fraction of sp³-hybridized carbons (Fsp3) is 0.333. The molecule has 3 aromatic carbocycles. The fourth-order valence-electron chi connectivity index (χ4n) is 4.63. The van der Waals surface area contributed by atoms with Crippen LogP contribution in [0.4, 0.5) is 0 Å². The molecule has 12 nitrogen and oxygen atoms in total. The molecule has 12 heteroatoms. The summed E-state index contributed by atoms with van der Waals surface area (Å²) in [5, 5.41) is 31.8. The van der Waals surface area contributed by atoms with Crippen LogP contribution in [0, 0.1) is 0 Å². The molecule has 0 saturated heterocycles. The van der Waals surface area contributed by atoms with Crippen molar-refractivity contribution in [3.63, 3.8) is 0 Å². The second-order valence-corrected chi connectivity index (χ2v) is 9.70. The molecule has 0 radical (unpaired) electrons. The highest BCUT2D eigenvalue weighted by atomic mass is 16.5. The zero-order chi connectivity index (χ0) is 29.8. The number of nitrogens with one attached hydrogen (secondary N) is 2. The second kappa shape index (κ2) is 15.0. The Bertz CT molecular complexity index is 1390. The number of benzene rings is 3. The Morgan fingerprint density at radius 1 is 1.05 bits per heavy atom. The standard InChI is InChI=1S/C30H34N6O6/c31-36-32-18-23-9-4-5-10-26(23)27-30(17-21-7-2-1-3-8-21,29(40)35-34-24(19-38)20-39)33-28(42-27)22-11-13-25(14-12-22)41-16-6-15-37/h1-5,7-14,24,27,34,37-39H,6,15-20H2,(H,35,40)/t27-,30-/m0/s1. The molecule has 2 atom stereocenters. The lowest BCUT2D eigenvalue weighted by molar-refractivity contribution is -0.130. The predicted octanol–water partition coefficient (Wildman–Crippen LogP) is 2.73. The summed E-state index contributed by atoms with van der Waals surface area (Å²) >= 11 is 0. The highest BCUT2D eigenvalue weighted by Gasteiger charge is 2.54. The van der Waals surface area contributed by atoms with Gasteiger partial charge < -0.3 is 24.8 Å². The topological polar surface area (TPSA) is 181 Å². The van der Waals surface area contributed by atoms with Gasteiger partial charge in [0.05, 0.1) is 32.4 Å². The first-order chi connectivity index (χ1) is 20.5. The van der Waals surface area contributed by atoms with Gasteiger partial charge in [0.2, 0.25) is 5.90 Å². The van der Waals surface area contributed by atoms with Crippen molar-refractivity contribution in [1.29, 1.82) is 0 Å². The second-order valence-electron chi connectivity index (χ2n) is 9.70. The normalized spacial score (nSPS) is 17.7. The summed E-state index contributed by atoms with van der Waals surface area (Å²) in [7, 11) is 0. The van der Waals surface area contributed by atoms with E-state index in [4.69, 9.17) is 25.1 Å². The summed E-state index contributed by atoms with van der Waals surface area (Å²) in [5.41, 5.74) is 15.5. The van der Waals surface area contributed by atoms with Crippen LogP contribution in [0.15, 0.2) is 89.0 Å². The summed E-state index contributed by atoms with van der Waals surface area (Å²) in [6, 6.07) is 22.9. The minimum absolute atomic E-state index is 0.0308. The van der Waals surface area contributed by atoms with Gasteiger partial charge in [-0.05, 0) is 46.5 Å². The van der Waals surface area contributed by atoms with Gasteiger partial charge in [0, 0.05) is 29.9 Å². The molecule has 1 amide bonds. The molecule has 0 aliphatic carbocycles. The number of aliphatic hydroxyl groups is 3. The van der Waals surface area contributed by atoms with E-state index in [0.717, 1.165) is 5.56 Å². The molecular weight excluding hydrogens is 540 g/mol. The van der Waals surface area contributed by atoms with Crippen molar-refractivity contribution in [3.8, 4) is 5.75 Å². The third-order valence-corrected chi connectivity index (χ3v) is 6.82. The van der Waals surface area contributed by atoms with Crippen molar-refractivity contribution < 1.29 is 29.6 Å². The number of aliphatic imine (C=N–C) groups is 1. The molecule has 42 heavy (non-hydrogen) atoms. The minimum atomic E-state index is -1.54. The molecule has 0 aromatic heterocycles. The van der Waals surface area contributed by atoms with Crippen LogP contribution in [-0.2, 0) is 22.5 Å². The van der Waals surface area contributed by atoms with Crippen LogP contribution < -0.4 is 15.6 Å². The Hall–Kier alpha value is -4.45. The predicted molar refractivity (Wildman–Crippen MR) is 155 cm³/mol. The molecule has 0 saturated carbocycles. The summed E-state index contributed by atoms with van der Waals surface area (Å²) in [4.78, 5) is 22.0. The highest BCUT2D eigenvalue weighted by Crippen LogP contribution is 2.43. The number of azide groups is 1. The number of carbonyl (C=O) groups excluding carboxylic acids is 1. The lowest BCUT2D eigenvalue weighted by atomic mass is 9.81. The molecule has 4 rings (SSSR count). The quantitative estimate of drug-likeness (QED) is 0.0608. The van der Waals surface area contributed by atoms with E-state index >= 15 is 0 Å². The van der Waals surface area contributed by atoms with Crippen molar-refractivity contribution in [1.82, 2.24) is 10.9 Å². The number of hydrogen-bond donors (Lipinski definition) is 5. The van der Waals surface area contributed by atoms with Crippen LogP contribution in [0.5, 0.6) is 5.75 Å². The third kappa shape index (κ3) is 7.24. The fourth-order valence-corrected chi connectivity index (χ4v) is 4.63. The molecule has 0 fully saturated rings. The van der Waals surface area contributed by atoms with Gasteiger partial charge in [0.15, 0.2) is 11.6 Å². The molecule has 1 aliphatic heterocycles. The van der Waals surface area contributed by atoms with Crippen LogP contribution in [0.2, 0.25) is 0 Å². The van der Waals surface area contributed by atoms with E-state index in [1.807, 2.05) is 48.5 Å². The molecule has 0 unspecified atom stereocenters. The van der Waals surface area contributed by atoms with Crippen molar-refractivity contribution in [2.24, 2.45) is 10.1 Å². The maximum absolute atomic E-state index is 14.1. The summed E-state index contributed by atoms with van der Waals surface area (Å²) < 4.78 is 12.2. The number of aliphatic hydroxyl groups excluding tert-OH is 3. The Labute approximate surface area is 243 Å². The van der Waals surface area contributed by atoms with E-state index in [1.54, 1.807) is 30.3 Å². The Kier molecular flexibility index (Phi) is 10.9. The number of ether oxygens (including phenoxy) is 2. The third-order valence-electron chi connectivity index (χ3n) is 6.82. The maximum atomic E-state index is 14.1. The molecule has 3 aromatic rings. The first kappa shape index (κ1) is 30.5. The first-order valence-corrected chi connectivity index (χ1v) is 13.6. The molecule has 220 valence electrons. The molecule has 1 aliphatic rings. The Morgan fingerprint density at radius 3 is 2.45 bits per heavy atom. The van der Waals surface area contributed by atoms with Gasteiger partial charge >= 0.3 is 0 Å². The van der Waals surface area contributed by atoms with Crippen molar-refractivity contribution in [2.75, 3.05) is 26.4 Å². The van der Waals surface area contributed by atoms with E-state index < -0.39 is 36.8 Å². The first-order valence-electron chi connectivity index (χ1n) is 13.6. The van der Waals surface area contributed by atoms with Crippen molar-refractivity contribution in [3.05, 3.63) is 112 Å². The number of hydrogen-bond acceptors (Lipinski definition) is 9. The van der Waals surface area contributed by atoms with E-state index in [1.165, 1.54) is 0 Å².